The van der Waals surface area contributed by atoms with Gasteiger partial charge in [0.2, 0.25) is 5.91 Å². The summed E-state index contributed by atoms with van der Waals surface area (Å²) in [6.07, 6.45) is 0. The number of fused-ring (bicyclic) bond motifs is 1. The molecule has 0 unspecified atom stereocenters. The van der Waals surface area contributed by atoms with E-state index in [-0.39, 0.29) is 11.9 Å². The van der Waals surface area contributed by atoms with Gasteiger partial charge in [0.25, 0.3) is 0 Å². The summed E-state index contributed by atoms with van der Waals surface area (Å²) in [5, 5.41) is 0.905. The summed E-state index contributed by atoms with van der Waals surface area (Å²) in [7, 11) is 0. The SMILES string of the molecule is CCOC(=O)c1sc2nc(CSc3ccccc3)nc(N3CCN(C(C)=O)CC3)c2c1C. The number of nitrogens with zero attached hydrogens (tertiary/aromatic N) is 4. The number of esters is 1. The number of anilines is 1. The molecule has 0 aliphatic carbocycles. The summed E-state index contributed by atoms with van der Waals surface area (Å²) in [4.78, 5) is 40.6. The number of rotatable bonds is 6. The van der Waals surface area contributed by atoms with Crippen molar-refractivity contribution in [3.8, 4) is 0 Å². The van der Waals surface area contributed by atoms with Gasteiger partial charge in [-0.25, -0.2) is 14.8 Å². The van der Waals surface area contributed by atoms with Gasteiger partial charge in [-0.1, -0.05) is 18.2 Å². The Morgan fingerprint density at radius 1 is 1.12 bits per heavy atom. The molecule has 168 valence electrons. The minimum absolute atomic E-state index is 0.0914. The molecule has 1 aromatic carbocycles. The Kier molecular flexibility index (Phi) is 6.95. The predicted octanol–water partition coefficient (Wildman–Crippen LogP) is 4.14. The van der Waals surface area contributed by atoms with Crippen molar-refractivity contribution in [2.45, 2.75) is 31.4 Å². The van der Waals surface area contributed by atoms with E-state index in [9.17, 15) is 9.59 Å². The molecule has 0 atom stereocenters. The molecule has 3 heterocycles. The first-order chi connectivity index (χ1) is 15.5. The van der Waals surface area contributed by atoms with Crippen molar-refractivity contribution in [2.75, 3.05) is 37.7 Å². The highest BCUT2D eigenvalue weighted by atomic mass is 32.2. The van der Waals surface area contributed by atoms with Gasteiger partial charge < -0.3 is 14.5 Å². The van der Waals surface area contributed by atoms with E-state index < -0.39 is 0 Å². The van der Waals surface area contributed by atoms with Crippen LogP contribution in [0, 0.1) is 6.92 Å². The van der Waals surface area contributed by atoms with E-state index in [1.54, 1.807) is 25.6 Å². The maximum atomic E-state index is 12.5. The van der Waals surface area contributed by atoms with Crippen LogP contribution in [0.25, 0.3) is 10.2 Å². The molecule has 0 N–H and O–H groups in total. The molecule has 9 heteroatoms. The second-order valence-electron chi connectivity index (χ2n) is 7.52. The van der Waals surface area contributed by atoms with Crippen molar-refractivity contribution in [1.82, 2.24) is 14.9 Å². The normalized spacial score (nSPS) is 14.1. The molecule has 1 fully saturated rings. The van der Waals surface area contributed by atoms with E-state index >= 15 is 0 Å². The van der Waals surface area contributed by atoms with Crippen LogP contribution >= 0.6 is 23.1 Å². The van der Waals surface area contributed by atoms with E-state index in [4.69, 9.17) is 14.7 Å². The lowest BCUT2D eigenvalue weighted by atomic mass is 10.1. The van der Waals surface area contributed by atoms with Crippen molar-refractivity contribution >= 4 is 51.0 Å². The van der Waals surface area contributed by atoms with Gasteiger partial charge in [-0.2, -0.15) is 0 Å². The fraction of sp³-hybridized carbons (Fsp3) is 0.391. The topological polar surface area (TPSA) is 75.6 Å². The number of carbonyl (C=O) groups is 2. The molecule has 0 bridgehead atoms. The molecule has 32 heavy (non-hydrogen) atoms. The van der Waals surface area contributed by atoms with Crippen LogP contribution in [0.1, 0.15) is 34.9 Å². The number of thiophene rings is 1. The standard InChI is InChI=1S/C23H26N4O3S2/c1-4-30-23(29)20-15(2)19-21(27-12-10-26(11-13-27)16(3)28)24-18(25-22(19)32-20)14-31-17-8-6-5-7-9-17/h5-9H,4,10-14H2,1-3H3. The van der Waals surface area contributed by atoms with Crippen LogP contribution in [-0.2, 0) is 15.3 Å². The van der Waals surface area contributed by atoms with Crippen molar-refractivity contribution in [3.63, 3.8) is 0 Å². The molecule has 4 rings (SSSR count). The Morgan fingerprint density at radius 2 is 1.84 bits per heavy atom. The number of piperazine rings is 1. The summed E-state index contributed by atoms with van der Waals surface area (Å²) >= 11 is 3.05. The highest BCUT2D eigenvalue weighted by Crippen LogP contribution is 2.37. The third-order valence-corrected chi connectivity index (χ3v) is 7.59. The highest BCUT2D eigenvalue weighted by molar-refractivity contribution is 7.98. The fourth-order valence-corrected chi connectivity index (χ4v) is 5.61. The van der Waals surface area contributed by atoms with Crippen LogP contribution in [-0.4, -0.2) is 59.5 Å². The maximum Gasteiger partial charge on any atom is 0.348 e. The van der Waals surface area contributed by atoms with Crippen LogP contribution in [0.2, 0.25) is 0 Å². The van der Waals surface area contributed by atoms with Gasteiger partial charge in [0.15, 0.2) is 0 Å². The molecule has 1 saturated heterocycles. The van der Waals surface area contributed by atoms with E-state index in [0.717, 1.165) is 32.3 Å². The van der Waals surface area contributed by atoms with E-state index in [1.165, 1.54) is 11.3 Å². The summed E-state index contributed by atoms with van der Waals surface area (Å²) < 4.78 is 5.26. The Labute approximate surface area is 195 Å². The number of aryl methyl sites for hydroxylation is 1. The van der Waals surface area contributed by atoms with Gasteiger partial charge >= 0.3 is 5.97 Å². The summed E-state index contributed by atoms with van der Waals surface area (Å²) in [6, 6.07) is 10.2. The van der Waals surface area contributed by atoms with Crippen LogP contribution in [0.4, 0.5) is 5.82 Å². The molecular formula is C23H26N4O3S2. The fourth-order valence-electron chi connectivity index (χ4n) is 3.74. The molecule has 7 nitrogen and oxygen atoms in total. The van der Waals surface area contributed by atoms with Crippen LogP contribution in [0.3, 0.4) is 0 Å². The molecule has 0 saturated carbocycles. The lowest BCUT2D eigenvalue weighted by Gasteiger charge is -2.35. The first kappa shape index (κ1) is 22.5. The summed E-state index contributed by atoms with van der Waals surface area (Å²) in [6.45, 7) is 8.37. The Morgan fingerprint density at radius 3 is 2.50 bits per heavy atom. The van der Waals surface area contributed by atoms with Gasteiger partial charge in [0.05, 0.1) is 17.7 Å². The Balaban J connectivity index is 1.70. The number of hydrogen-bond donors (Lipinski definition) is 0. The number of hydrogen-bond acceptors (Lipinski definition) is 8. The second kappa shape index (κ2) is 9.87. The summed E-state index contributed by atoms with van der Waals surface area (Å²) in [5.41, 5.74) is 0.856. The third kappa shape index (κ3) is 4.73. The van der Waals surface area contributed by atoms with Crippen molar-refractivity contribution in [2.24, 2.45) is 0 Å². The highest BCUT2D eigenvalue weighted by Gasteiger charge is 2.26. The molecule has 3 aromatic rings. The first-order valence-electron chi connectivity index (χ1n) is 10.6. The van der Waals surface area contributed by atoms with E-state index in [1.807, 2.05) is 30.0 Å². The van der Waals surface area contributed by atoms with Gasteiger partial charge in [-0.05, 0) is 31.5 Å². The zero-order valence-electron chi connectivity index (χ0n) is 18.5. The van der Waals surface area contributed by atoms with Gasteiger partial charge in [-0.3, -0.25) is 4.79 Å². The quantitative estimate of drug-likeness (QED) is 0.396. The molecule has 1 amide bonds. The number of amides is 1. The number of carbonyl (C=O) groups excluding carboxylic acids is 2. The minimum Gasteiger partial charge on any atom is -0.462 e. The Bertz CT molecular complexity index is 1130. The van der Waals surface area contributed by atoms with Crippen molar-refractivity contribution < 1.29 is 14.3 Å². The predicted molar refractivity (Wildman–Crippen MR) is 129 cm³/mol. The van der Waals surface area contributed by atoms with Crippen molar-refractivity contribution in [1.29, 1.82) is 0 Å². The molecule has 1 aliphatic rings. The van der Waals surface area contributed by atoms with Gasteiger partial charge in [-0.15, -0.1) is 23.1 Å². The summed E-state index contributed by atoms with van der Waals surface area (Å²) in [5.74, 6) is 1.97. The average molecular weight is 471 g/mol. The second-order valence-corrected chi connectivity index (χ2v) is 9.56. The van der Waals surface area contributed by atoms with E-state index in [0.29, 0.717) is 43.4 Å². The lowest BCUT2D eigenvalue weighted by Crippen LogP contribution is -2.48. The van der Waals surface area contributed by atoms with E-state index in [2.05, 4.69) is 17.0 Å². The maximum absolute atomic E-state index is 12.5. The molecular weight excluding hydrogens is 444 g/mol. The Hall–Kier alpha value is -2.65. The molecule has 0 radical (unpaired) electrons. The smallest absolute Gasteiger partial charge is 0.348 e. The molecule has 2 aromatic heterocycles. The number of benzene rings is 1. The van der Waals surface area contributed by atoms with Gasteiger partial charge in [0, 0.05) is 38.0 Å². The number of thioether (sulfide) groups is 1. The lowest BCUT2D eigenvalue weighted by molar-refractivity contribution is -0.129. The first-order valence-corrected chi connectivity index (χ1v) is 12.4. The van der Waals surface area contributed by atoms with Gasteiger partial charge in [0.1, 0.15) is 21.3 Å². The van der Waals surface area contributed by atoms with Crippen LogP contribution in [0.5, 0.6) is 0 Å². The monoisotopic (exact) mass is 470 g/mol. The minimum atomic E-state index is -0.319. The van der Waals surface area contributed by atoms with Crippen LogP contribution in [0.15, 0.2) is 35.2 Å². The zero-order valence-corrected chi connectivity index (χ0v) is 20.1. The number of aromatic nitrogens is 2. The molecule has 1 aliphatic heterocycles. The largest absolute Gasteiger partial charge is 0.462 e. The van der Waals surface area contributed by atoms with Crippen molar-refractivity contribution in [3.05, 3.63) is 46.6 Å². The number of ether oxygens (including phenoxy) is 1. The van der Waals surface area contributed by atoms with Crippen LogP contribution < -0.4 is 4.90 Å². The third-order valence-electron chi connectivity index (χ3n) is 5.41. The average Bonchev–Trinajstić information content (AvgIpc) is 3.14. The zero-order chi connectivity index (χ0) is 22.7. The molecule has 0 spiro atoms.